The molecule has 6 heteroatoms. The molecule has 0 unspecified atom stereocenters. The highest BCUT2D eigenvalue weighted by Gasteiger charge is 2.06. The van der Waals surface area contributed by atoms with Crippen molar-refractivity contribution in [2.24, 2.45) is 11.5 Å². The van der Waals surface area contributed by atoms with Gasteiger partial charge in [-0.1, -0.05) is 6.07 Å². The molecule has 0 radical (unpaired) electrons. The molecule has 0 bridgehead atoms. The molecule has 0 aliphatic heterocycles. The van der Waals surface area contributed by atoms with Crippen LogP contribution < -0.4 is 20.9 Å². The molecular formula is C17H30N2O2S2. The van der Waals surface area contributed by atoms with Crippen LogP contribution in [-0.2, 0) is 6.42 Å². The number of rotatable bonds is 14. The van der Waals surface area contributed by atoms with Gasteiger partial charge in [-0.05, 0) is 48.5 Å². The first-order valence-corrected chi connectivity index (χ1v) is 10.5. The maximum atomic E-state index is 5.83. The van der Waals surface area contributed by atoms with Crippen molar-refractivity contribution in [1.29, 1.82) is 0 Å². The van der Waals surface area contributed by atoms with Crippen molar-refractivity contribution in [3.05, 3.63) is 23.8 Å². The molecule has 23 heavy (non-hydrogen) atoms. The summed E-state index contributed by atoms with van der Waals surface area (Å²) in [7, 11) is 1.69. The average molecular weight is 359 g/mol. The minimum Gasteiger partial charge on any atom is -0.493 e. The second kappa shape index (κ2) is 13.8. The Hall–Kier alpha value is -0.560. The summed E-state index contributed by atoms with van der Waals surface area (Å²) in [6.07, 6.45) is 3.24. The van der Waals surface area contributed by atoms with E-state index in [1.807, 2.05) is 29.6 Å². The van der Waals surface area contributed by atoms with Gasteiger partial charge in [-0.15, -0.1) is 0 Å². The lowest BCUT2D eigenvalue weighted by Crippen LogP contribution is -2.04. The number of methoxy groups -OCH3 is 1. The van der Waals surface area contributed by atoms with Gasteiger partial charge in [0.15, 0.2) is 11.5 Å². The Balaban J connectivity index is 2.34. The van der Waals surface area contributed by atoms with Gasteiger partial charge in [0, 0.05) is 24.6 Å². The minimum atomic E-state index is 0.711. The smallest absolute Gasteiger partial charge is 0.161 e. The molecule has 0 aromatic heterocycles. The summed E-state index contributed by atoms with van der Waals surface area (Å²) < 4.78 is 11.3. The molecule has 4 N–H and O–H groups in total. The monoisotopic (exact) mass is 358 g/mol. The lowest BCUT2D eigenvalue weighted by Gasteiger charge is -2.12. The fraction of sp³-hybridized carbons (Fsp3) is 0.647. The Morgan fingerprint density at radius 1 is 0.913 bits per heavy atom. The van der Waals surface area contributed by atoms with E-state index in [9.17, 15) is 0 Å². The van der Waals surface area contributed by atoms with Crippen LogP contribution in [0.1, 0.15) is 18.4 Å². The SMILES string of the molecule is COc1cc(CCCSCCN)ccc1OCCCSCCN. The normalized spacial score (nSPS) is 10.7. The highest BCUT2D eigenvalue weighted by atomic mass is 32.2. The second-order valence-electron chi connectivity index (χ2n) is 5.09. The number of ether oxygens (including phenoxy) is 2. The Labute approximate surface area is 149 Å². The minimum absolute atomic E-state index is 0.711. The third kappa shape index (κ3) is 9.35. The van der Waals surface area contributed by atoms with Crippen molar-refractivity contribution in [2.45, 2.75) is 19.3 Å². The number of hydrogen-bond donors (Lipinski definition) is 2. The van der Waals surface area contributed by atoms with Crippen LogP contribution in [0, 0.1) is 0 Å². The molecule has 1 rings (SSSR count). The molecule has 1 aromatic carbocycles. The first-order valence-electron chi connectivity index (χ1n) is 8.17. The average Bonchev–Trinajstić information content (AvgIpc) is 2.58. The summed E-state index contributed by atoms with van der Waals surface area (Å²) in [5.74, 6) is 5.95. The van der Waals surface area contributed by atoms with Gasteiger partial charge in [0.05, 0.1) is 13.7 Å². The topological polar surface area (TPSA) is 70.5 Å². The van der Waals surface area contributed by atoms with Crippen molar-refractivity contribution in [1.82, 2.24) is 0 Å². The van der Waals surface area contributed by atoms with Crippen LogP contribution in [0.5, 0.6) is 11.5 Å². The van der Waals surface area contributed by atoms with E-state index in [1.54, 1.807) is 7.11 Å². The van der Waals surface area contributed by atoms with Gasteiger partial charge in [-0.3, -0.25) is 0 Å². The predicted octanol–water partition coefficient (Wildman–Crippen LogP) is 2.78. The summed E-state index contributed by atoms with van der Waals surface area (Å²) in [6.45, 7) is 2.21. The summed E-state index contributed by atoms with van der Waals surface area (Å²) in [6, 6.07) is 6.24. The molecule has 0 fully saturated rings. The van der Waals surface area contributed by atoms with E-state index in [0.717, 1.165) is 66.9 Å². The van der Waals surface area contributed by atoms with Crippen molar-refractivity contribution in [3.8, 4) is 11.5 Å². The Bertz CT molecular complexity index is 420. The van der Waals surface area contributed by atoms with Gasteiger partial charge in [-0.25, -0.2) is 0 Å². The third-order valence-electron chi connectivity index (χ3n) is 3.20. The van der Waals surface area contributed by atoms with Crippen molar-refractivity contribution in [2.75, 3.05) is 49.8 Å². The van der Waals surface area contributed by atoms with E-state index in [1.165, 1.54) is 5.56 Å². The summed E-state index contributed by atoms with van der Waals surface area (Å²) in [5, 5.41) is 0. The van der Waals surface area contributed by atoms with Crippen molar-refractivity contribution in [3.63, 3.8) is 0 Å². The van der Waals surface area contributed by atoms with Gasteiger partial charge >= 0.3 is 0 Å². The summed E-state index contributed by atoms with van der Waals surface area (Å²) in [5.41, 5.74) is 12.3. The zero-order valence-corrected chi connectivity index (χ0v) is 15.7. The largest absolute Gasteiger partial charge is 0.493 e. The highest BCUT2D eigenvalue weighted by Crippen LogP contribution is 2.28. The zero-order chi connectivity index (χ0) is 16.8. The number of benzene rings is 1. The molecule has 0 saturated heterocycles. The van der Waals surface area contributed by atoms with Crippen LogP contribution in [0.3, 0.4) is 0 Å². The molecule has 1 aromatic rings. The van der Waals surface area contributed by atoms with E-state index < -0.39 is 0 Å². The van der Waals surface area contributed by atoms with Crippen LogP contribution in [0.25, 0.3) is 0 Å². The van der Waals surface area contributed by atoms with Gasteiger partial charge in [0.1, 0.15) is 0 Å². The van der Waals surface area contributed by atoms with Gasteiger partial charge in [-0.2, -0.15) is 23.5 Å². The van der Waals surface area contributed by atoms with Crippen LogP contribution in [0.2, 0.25) is 0 Å². The first-order chi connectivity index (χ1) is 11.3. The molecule has 0 amide bonds. The second-order valence-corrected chi connectivity index (χ2v) is 7.54. The molecule has 132 valence electrons. The zero-order valence-electron chi connectivity index (χ0n) is 14.1. The summed E-state index contributed by atoms with van der Waals surface area (Å²) >= 11 is 3.78. The number of nitrogens with two attached hydrogens (primary N) is 2. The first kappa shape index (κ1) is 20.5. The fourth-order valence-electron chi connectivity index (χ4n) is 2.08. The standard InChI is InChI=1S/C17H30N2O2S2/c1-20-17-14-15(4-2-10-22-12-7-18)5-6-16(17)21-9-3-11-23-13-8-19/h5-6,14H,2-4,7-13,18-19H2,1H3. The highest BCUT2D eigenvalue weighted by molar-refractivity contribution is 7.99. The molecule has 0 saturated carbocycles. The van der Waals surface area contributed by atoms with Crippen LogP contribution >= 0.6 is 23.5 Å². The molecule has 0 aliphatic carbocycles. The van der Waals surface area contributed by atoms with Crippen molar-refractivity contribution < 1.29 is 9.47 Å². The maximum absolute atomic E-state index is 5.83. The number of hydrogen-bond acceptors (Lipinski definition) is 6. The van der Waals surface area contributed by atoms with E-state index in [4.69, 9.17) is 20.9 Å². The molecule has 0 aliphatic rings. The van der Waals surface area contributed by atoms with Gasteiger partial charge in [0.25, 0.3) is 0 Å². The Morgan fingerprint density at radius 3 is 2.26 bits per heavy atom. The van der Waals surface area contributed by atoms with Crippen molar-refractivity contribution >= 4 is 23.5 Å². The van der Waals surface area contributed by atoms with Gasteiger partial charge < -0.3 is 20.9 Å². The van der Waals surface area contributed by atoms with E-state index in [-0.39, 0.29) is 0 Å². The quantitative estimate of drug-likeness (QED) is 0.498. The van der Waals surface area contributed by atoms with Crippen LogP contribution in [0.4, 0.5) is 0 Å². The lowest BCUT2D eigenvalue weighted by atomic mass is 10.1. The molecule has 0 spiro atoms. The molecule has 0 atom stereocenters. The molecular weight excluding hydrogens is 328 g/mol. The maximum Gasteiger partial charge on any atom is 0.161 e. The molecule has 0 heterocycles. The van der Waals surface area contributed by atoms with E-state index >= 15 is 0 Å². The lowest BCUT2D eigenvalue weighted by molar-refractivity contribution is 0.295. The third-order valence-corrected chi connectivity index (χ3v) is 5.40. The van der Waals surface area contributed by atoms with Gasteiger partial charge in [0.2, 0.25) is 0 Å². The van der Waals surface area contributed by atoms with Crippen LogP contribution in [-0.4, -0.2) is 49.8 Å². The molecule has 4 nitrogen and oxygen atoms in total. The summed E-state index contributed by atoms with van der Waals surface area (Å²) in [4.78, 5) is 0. The van der Waals surface area contributed by atoms with E-state index in [0.29, 0.717) is 6.61 Å². The van der Waals surface area contributed by atoms with E-state index in [2.05, 4.69) is 12.1 Å². The fourth-order valence-corrected chi connectivity index (χ4v) is 3.49. The van der Waals surface area contributed by atoms with Crippen LogP contribution in [0.15, 0.2) is 18.2 Å². The number of aryl methyl sites for hydroxylation is 1. The predicted molar refractivity (Wildman–Crippen MR) is 104 cm³/mol. The number of thioether (sulfide) groups is 2. The Morgan fingerprint density at radius 2 is 1.61 bits per heavy atom. The Kier molecular flexibility index (Phi) is 12.3.